The first kappa shape index (κ1) is 60.0. The number of aliphatic hydroxyl groups is 13. The van der Waals surface area contributed by atoms with Crippen molar-refractivity contribution in [2.45, 2.75) is 248 Å². The largest absolute Gasteiger partial charge is 0.479 e. The lowest BCUT2D eigenvalue weighted by Crippen LogP contribution is -2.69. The van der Waals surface area contributed by atoms with Crippen molar-refractivity contribution < 1.29 is 114 Å². The van der Waals surface area contributed by atoms with E-state index in [4.69, 9.17) is 37.9 Å². The lowest BCUT2D eigenvalue weighted by molar-refractivity contribution is -0.410. The van der Waals surface area contributed by atoms with E-state index in [1.165, 1.54) is 12.5 Å². The molecule has 0 aromatic heterocycles. The number of carboxylic acids is 1. The Labute approximate surface area is 449 Å². The van der Waals surface area contributed by atoms with Crippen LogP contribution in [0.15, 0.2) is 11.6 Å². The second kappa shape index (κ2) is 21.5. The third-order valence-corrected chi connectivity index (χ3v) is 21.7. The minimum atomic E-state index is -2.14. The molecular formula is C54H88O23. The first-order valence-electron chi connectivity index (χ1n) is 27.8. The number of carboxylic acid groups (broad SMARTS) is 1. The predicted octanol–water partition coefficient (Wildman–Crippen LogP) is -1.47. The van der Waals surface area contributed by atoms with Crippen LogP contribution in [0.3, 0.4) is 0 Å². The molecule has 14 N–H and O–H groups in total. The molecule has 5 aliphatic carbocycles. The molecule has 30 atom stereocenters. The molecule has 9 rings (SSSR count). The maximum atomic E-state index is 12.7. The summed E-state index contributed by atoms with van der Waals surface area (Å²) >= 11 is 0. The van der Waals surface area contributed by atoms with Crippen LogP contribution >= 0.6 is 0 Å². The zero-order valence-electron chi connectivity index (χ0n) is 45.4. The number of rotatable bonds is 12. The summed E-state index contributed by atoms with van der Waals surface area (Å²) in [7, 11) is 0. The van der Waals surface area contributed by atoms with Gasteiger partial charge in [0.2, 0.25) is 0 Å². The van der Waals surface area contributed by atoms with Crippen molar-refractivity contribution >= 4 is 5.97 Å². The number of aliphatic hydroxyl groups excluding tert-OH is 13. The van der Waals surface area contributed by atoms with Crippen molar-refractivity contribution in [3.05, 3.63) is 11.6 Å². The molecular weight excluding hydrogens is 1020 g/mol. The first-order valence-corrected chi connectivity index (χ1v) is 27.8. The standard InChI is InChI=1S/C54H88O23/c1-22-31(59)34(62)38(66)45(70-22)77-43-40(74-46-39(67)35(63)32(60)25(19-55)71-46)33(61)26(20-56)72-48(43)76-42-37(65)36(64)41(44(68)69)75-47(42)73-30-12-13-52(6)27(49(30,2)3)11-14-54(8)28(52)10-9-23-24-17-50(4,21-57)18-29(58)51(24,5)15-16-53(23,54)7/h9,22,24-43,45-48,55-67H,10-21H2,1-8H3,(H,68,69). The Morgan fingerprint density at radius 1 is 0.571 bits per heavy atom. The van der Waals surface area contributed by atoms with Crippen molar-refractivity contribution in [1.29, 1.82) is 0 Å². The summed E-state index contributed by atoms with van der Waals surface area (Å²) in [5, 5.41) is 153. The smallest absolute Gasteiger partial charge is 0.335 e. The third kappa shape index (κ3) is 9.70. The van der Waals surface area contributed by atoms with Gasteiger partial charge in [-0.15, -0.1) is 0 Å². The number of carbonyl (C=O) groups is 1. The zero-order chi connectivity index (χ0) is 56.4. The SMILES string of the molecule is CC1OC(OC2C(OC3C(OC4CCC5(C)C(CCC6(C)C5CC=C5C7CC(C)(CO)CC(O)C7(C)CCC56C)C4(C)C)OC(C(=O)O)C(O)C3O)OC(CO)C(O)C2OC2OC(CO)C(O)C(O)C2O)C(O)C(O)C1O. The van der Waals surface area contributed by atoms with Crippen LogP contribution in [-0.2, 0) is 42.7 Å². The average Bonchev–Trinajstić information content (AvgIpc) is 3.37. The van der Waals surface area contributed by atoms with Gasteiger partial charge >= 0.3 is 5.97 Å². The van der Waals surface area contributed by atoms with E-state index in [2.05, 4.69) is 54.5 Å². The van der Waals surface area contributed by atoms with Crippen LogP contribution in [0.25, 0.3) is 0 Å². The van der Waals surface area contributed by atoms with Crippen molar-refractivity contribution in [2.24, 2.45) is 50.2 Å². The fraction of sp³-hybridized carbons (Fsp3) is 0.944. The van der Waals surface area contributed by atoms with Gasteiger partial charge in [-0.05, 0) is 110 Å². The summed E-state index contributed by atoms with van der Waals surface area (Å²) in [6.45, 7) is 15.3. The van der Waals surface area contributed by atoms with Crippen LogP contribution in [-0.4, -0.2) is 232 Å². The molecule has 0 bridgehead atoms. The molecule has 23 nitrogen and oxygen atoms in total. The molecule has 4 saturated heterocycles. The number of hydrogen-bond acceptors (Lipinski definition) is 22. The van der Waals surface area contributed by atoms with Crippen LogP contribution in [0.1, 0.15) is 113 Å². The molecule has 0 radical (unpaired) electrons. The molecule has 4 aliphatic heterocycles. The van der Waals surface area contributed by atoms with Gasteiger partial charge in [0.25, 0.3) is 0 Å². The van der Waals surface area contributed by atoms with Gasteiger partial charge in [0.1, 0.15) is 85.5 Å². The maximum absolute atomic E-state index is 12.7. The molecule has 9 aliphatic rings. The van der Waals surface area contributed by atoms with E-state index >= 15 is 0 Å². The lowest BCUT2D eigenvalue weighted by Gasteiger charge is -2.71. The summed E-state index contributed by atoms with van der Waals surface area (Å²) in [6, 6.07) is 0. The van der Waals surface area contributed by atoms with Gasteiger partial charge in [-0.25, -0.2) is 4.79 Å². The number of allylic oxidation sites excluding steroid dienone is 2. The number of ether oxygens (including phenoxy) is 8. The molecule has 77 heavy (non-hydrogen) atoms. The lowest BCUT2D eigenvalue weighted by atomic mass is 9.33. The van der Waals surface area contributed by atoms with Gasteiger partial charge in [0.15, 0.2) is 31.3 Å². The van der Waals surface area contributed by atoms with Crippen molar-refractivity contribution in [1.82, 2.24) is 0 Å². The summed E-state index contributed by atoms with van der Waals surface area (Å²) < 4.78 is 49.0. The second-order valence-electron chi connectivity index (χ2n) is 26.4. The minimum Gasteiger partial charge on any atom is -0.479 e. The average molecular weight is 1110 g/mol. The molecule has 30 unspecified atom stereocenters. The number of fused-ring (bicyclic) bond motifs is 7. The summed E-state index contributed by atoms with van der Waals surface area (Å²) in [5.41, 5.74) is -0.440. The highest BCUT2D eigenvalue weighted by atomic mass is 16.8. The van der Waals surface area contributed by atoms with Crippen molar-refractivity contribution in [3.8, 4) is 0 Å². The van der Waals surface area contributed by atoms with Crippen LogP contribution < -0.4 is 0 Å². The molecule has 0 aromatic carbocycles. The van der Waals surface area contributed by atoms with Crippen LogP contribution in [0.5, 0.6) is 0 Å². The monoisotopic (exact) mass is 1100 g/mol. The van der Waals surface area contributed by atoms with Gasteiger partial charge in [-0.1, -0.05) is 60.1 Å². The van der Waals surface area contributed by atoms with E-state index in [-0.39, 0.29) is 46.0 Å². The Morgan fingerprint density at radius 2 is 1.16 bits per heavy atom. The van der Waals surface area contributed by atoms with E-state index in [0.717, 1.165) is 38.5 Å². The Kier molecular flexibility index (Phi) is 16.8. The Balaban J connectivity index is 1.02. The molecule has 4 heterocycles. The highest BCUT2D eigenvalue weighted by Crippen LogP contribution is 2.76. The summed E-state index contributed by atoms with van der Waals surface area (Å²) in [5.74, 6) is -1.21. The van der Waals surface area contributed by atoms with Gasteiger partial charge in [-0.2, -0.15) is 0 Å². The van der Waals surface area contributed by atoms with E-state index in [1.54, 1.807) is 0 Å². The third-order valence-electron chi connectivity index (χ3n) is 21.7. The molecule has 442 valence electrons. The summed E-state index contributed by atoms with van der Waals surface area (Å²) in [6.07, 6.45) is -29.0. The highest BCUT2D eigenvalue weighted by Gasteiger charge is 2.70. The Morgan fingerprint density at radius 3 is 1.79 bits per heavy atom. The van der Waals surface area contributed by atoms with Crippen molar-refractivity contribution in [2.75, 3.05) is 19.8 Å². The molecule has 0 spiro atoms. The first-order chi connectivity index (χ1) is 36.0. The molecule has 4 saturated carbocycles. The zero-order valence-corrected chi connectivity index (χ0v) is 45.4. The quantitative estimate of drug-likeness (QED) is 0.0783. The predicted molar refractivity (Wildman–Crippen MR) is 263 cm³/mol. The fourth-order valence-electron chi connectivity index (χ4n) is 16.6. The van der Waals surface area contributed by atoms with Gasteiger partial charge in [0.05, 0.1) is 31.5 Å². The molecule has 8 fully saturated rings. The Hall–Kier alpha value is -1.63. The fourth-order valence-corrected chi connectivity index (χ4v) is 16.6. The van der Waals surface area contributed by atoms with E-state index < -0.39 is 165 Å². The highest BCUT2D eigenvalue weighted by molar-refractivity contribution is 5.73. The van der Waals surface area contributed by atoms with E-state index in [1.807, 2.05) is 0 Å². The van der Waals surface area contributed by atoms with E-state index in [9.17, 15) is 76.3 Å². The van der Waals surface area contributed by atoms with Gasteiger partial charge in [-0.3, -0.25) is 0 Å². The molecule has 0 amide bonds. The van der Waals surface area contributed by atoms with Crippen LogP contribution in [0.4, 0.5) is 0 Å². The summed E-state index contributed by atoms with van der Waals surface area (Å²) in [4.78, 5) is 12.7. The van der Waals surface area contributed by atoms with Gasteiger partial charge in [0, 0.05) is 12.0 Å². The van der Waals surface area contributed by atoms with E-state index in [0.29, 0.717) is 19.3 Å². The van der Waals surface area contributed by atoms with Gasteiger partial charge < -0.3 is 109 Å². The maximum Gasteiger partial charge on any atom is 0.335 e. The number of aliphatic carboxylic acids is 1. The Bertz CT molecular complexity index is 2130. The van der Waals surface area contributed by atoms with Crippen molar-refractivity contribution in [3.63, 3.8) is 0 Å². The molecule has 23 heteroatoms. The van der Waals surface area contributed by atoms with Crippen LogP contribution in [0.2, 0.25) is 0 Å². The topological polar surface area (TPSA) is 374 Å². The normalized spacial score (nSPS) is 55.7. The minimum absolute atomic E-state index is 0.00783. The number of hydrogen-bond donors (Lipinski definition) is 14. The van der Waals surface area contributed by atoms with Crippen LogP contribution in [0, 0.1) is 50.2 Å². The second-order valence-corrected chi connectivity index (χ2v) is 26.4. The molecule has 0 aromatic rings.